The summed E-state index contributed by atoms with van der Waals surface area (Å²) >= 11 is 0. The summed E-state index contributed by atoms with van der Waals surface area (Å²) in [5.74, 6) is -2.86. The van der Waals surface area contributed by atoms with E-state index in [0.717, 1.165) is 0 Å². The number of nitriles is 2. The summed E-state index contributed by atoms with van der Waals surface area (Å²) in [5, 5.41) is 19.0. The van der Waals surface area contributed by atoms with Crippen LogP contribution in [0.2, 0.25) is 0 Å². The van der Waals surface area contributed by atoms with Gasteiger partial charge in [-0.3, -0.25) is 9.69 Å². The molecule has 0 saturated carbocycles. The maximum absolute atomic E-state index is 14.1. The lowest BCUT2D eigenvalue weighted by molar-refractivity contribution is 0.176. The van der Waals surface area contributed by atoms with E-state index in [4.69, 9.17) is 0 Å². The maximum Gasteiger partial charge on any atom is 0.270 e. The van der Waals surface area contributed by atoms with Gasteiger partial charge in [0.25, 0.3) is 5.56 Å². The number of aryl methyl sites for hydroxylation is 1. The Morgan fingerprint density at radius 1 is 1.12 bits per heavy atom. The molecular weight excluding hydrogens is 433 g/mol. The molecule has 0 aliphatic carbocycles. The molecule has 0 spiro atoms. The second-order valence-corrected chi connectivity index (χ2v) is 7.99. The molecule has 1 aliphatic rings. The van der Waals surface area contributed by atoms with E-state index in [-0.39, 0.29) is 29.4 Å². The Bertz CT molecular complexity index is 1380. The molecule has 1 atom stereocenters. The van der Waals surface area contributed by atoms with Crippen LogP contribution in [0.5, 0.6) is 0 Å². The fourth-order valence-corrected chi connectivity index (χ4v) is 4.22. The predicted octanol–water partition coefficient (Wildman–Crippen LogP) is 2.80. The van der Waals surface area contributed by atoms with E-state index in [2.05, 4.69) is 4.98 Å². The van der Waals surface area contributed by atoms with Gasteiger partial charge in [-0.15, -0.1) is 0 Å². The zero-order valence-electron chi connectivity index (χ0n) is 17.9. The lowest BCUT2D eigenvalue weighted by Gasteiger charge is -2.41. The number of aromatic nitrogens is 2. The molecule has 3 heterocycles. The molecule has 0 radical (unpaired) electrons. The monoisotopic (exact) mass is 452 g/mol. The highest BCUT2D eigenvalue weighted by Crippen LogP contribution is 2.30. The van der Waals surface area contributed by atoms with Gasteiger partial charge in [-0.1, -0.05) is 0 Å². The molecule has 33 heavy (non-hydrogen) atoms. The van der Waals surface area contributed by atoms with Crippen molar-refractivity contribution < 1.29 is 13.2 Å². The van der Waals surface area contributed by atoms with Gasteiger partial charge in [0.05, 0.1) is 11.2 Å². The van der Waals surface area contributed by atoms with E-state index in [1.165, 1.54) is 17.7 Å². The van der Waals surface area contributed by atoms with E-state index in [1.54, 1.807) is 6.07 Å². The van der Waals surface area contributed by atoms with Crippen molar-refractivity contribution in [2.24, 2.45) is 7.05 Å². The van der Waals surface area contributed by atoms with E-state index < -0.39 is 23.0 Å². The van der Waals surface area contributed by atoms with Crippen LogP contribution in [0.1, 0.15) is 23.7 Å². The van der Waals surface area contributed by atoms with Crippen molar-refractivity contribution in [2.45, 2.75) is 19.5 Å². The minimum atomic E-state index is -0.975. The highest BCUT2D eigenvalue weighted by Gasteiger charge is 2.30. The number of hydrogen-bond acceptors (Lipinski definition) is 6. The summed E-state index contributed by atoms with van der Waals surface area (Å²) in [4.78, 5) is 20.9. The van der Waals surface area contributed by atoms with Crippen LogP contribution >= 0.6 is 0 Å². The third kappa shape index (κ3) is 3.90. The smallest absolute Gasteiger partial charge is 0.270 e. The molecule has 10 heteroatoms. The molecule has 1 aromatic carbocycles. The quantitative estimate of drug-likeness (QED) is 0.607. The number of nitrogens with zero attached hydrogens (tertiary/aromatic N) is 6. The zero-order valence-corrected chi connectivity index (χ0v) is 17.9. The van der Waals surface area contributed by atoms with Gasteiger partial charge < -0.3 is 9.47 Å². The number of benzene rings is 1. The van der Waals surface area contributed by atoms with Gasteiger partial charge in [-0.05, 0) is 19.1 Å². The number of pyridine rings is 2. The number of piperazine rings is 1. The number of hydrogen-bond donors (Lipinski definition) is 0. The van der Waals surface area contributed by atoms with Crippen LogP contribution in [0.15, 0.2) is 29.1 Å². The Hall–Kier alpha value is -3.89. The predicted molar refractivity (Wildman–Crippen MR) is 115 cm³/mol. The fourth-order valence-electron chi connectivity index (χ4n) is 4.22. The Kier molecular flexibility index (Phi) is 5.79. The third-order valence-electron chi connectivity index (χ3n) is 5.99. The molecule has 168 valence electrons. The first kappa shape index (κ1) is 22.3. The van der Waals surface area contributed by atoms with E-state index in [0.29, 0.717) is 48.5 Å². The average Bonchev–Trinajstić information content (AvgIpc) is 2.78. The van der Waals surface area contributed by atoms with E-state index >= 15 is 0 Å². The molecule has 0 bridgehead atoms. The first-order chi connectivity index (χ1) is 15.7. The Morgan fingerprint density at radius 3 is 2.42 bits per heavy atom. The fraction of sp³-hybridized carbons (Fsp3) is 0.304. The molecule has 4 rings (SSSR count). The van der Waals surface area contributed by atoms with Crippen molar-refractivity contribution in [1.29, 1.82) is 10.5 Å². The van der Waals surface area contributed by atoms with Crippen molar-refractivity contribution >= 4 is 16.7 Å². The Balaban J connectivity index is 1.71. The summed E-state index contributed by atoms with van der Waals surface area (Å²) in [6, 6.07) is 8.16. The lowest BCUT2D eigenvalue weighted by atomic mass is 10.1. The van der Waals surface area contributed by atoms with Crippen LogP contribution in [0.3, 0.4) is 0 Å². The molecule has 7 nitrogen and oxygen atoms in total. The Labute approximate surface area is 187 Å². The van der Waals surface area contributed by atoms with Gasteiger partial charge in [0, 0.05) is 57.0 Å². The van der Waals surface area contributed by atoms with Crippen LogP contribution in [0.25, 0.3) is 11.0 Å². The largest absolute Gasteiger partial charge is 0.366 e. The van der Waals surface area contributed by atoms with Gasteiger partial charge in [0.2, 0.25) is 0 Å². The number of anilines is 1. The minimum absolute atomic E-state index is 0.0494. The molecule has 3 aromatic rings. The first-order valence-electron chi connectivity index (χ1n) is 10.2. The minimum Gasteiger partial charge on any atom is -0.366 e. The van der Waals surface area contributed by atoms with Crippen molar-refractivity contribution in [3.8, 4) is 12.1 Å². The lowest BCUT2D eigenvalue weighted by Crippen LogP contribution is -2.52. The van der Waals surface area contributed by atoms with Gasteiger partial charge in [0.1, 0.15) is 46.4 Å². The van der Waals surface area contributed by atoms with Crippen LogP contribution in [-0.2, 0) is 13.6 Å². The van der Waals surface area contributed by atoms with Crippen LogP contribution < -0.4 is 10.5 Å². The molecule has 2 aromatic heterocycles. The maximum atomic E-state index is 14.1. The average molecular weight is 452 g/mol. The number of fused-ring (bicyclic) bond motifs is 1. The highest BCUT2D eigenvalue weighted by molar-refractivity contribution is 5.92. The zero-order chi connectivity index (χ0) is 23.9. The van der Waals surface area contributed by atoms with Crippen LogP contribution in [0.4, 0.5) is 18.9 Å². The van der Waals surface area contributed by atoms with Crippen molar-refractivity contribution in [1.82, 2.24) is 14.5 Å². The molecule has 1 aliphatic heterocycles. The normalized spacial score (nSPS) is 16.6. The molecule has 0 amide bonds. The summed E-state index contributed by atoms with van der Waals surface area (Å²) < 4.78 is 42.8. The van der Waals surface area contributed by atoms with Gasteiger partial charge in [-0.2, -0.15) is 10.5 Å². The molecule has 1 fully saturated rings. The summed E-state index contributed by atoms with van der Waals surface area (Å²) in [6.45, 7) is 2.88. The van der Waals surface area contributed by atoms with Crippen LogP contribution in [-0.4, -0.2) is 40.1 Å². The number of halogens is 3. The standard InChI is InChI=1S/C23H19F3N6O/c1-13-11-32(6-5-31(13)12-17-18(25)7-14(24)8-19(17)26)22-16(10-28)23(33)30(2)20-4-3-15(9-27)29-21(20)22/h3-4,7-8,13H,5-6,11-12H2,1-2H3/t13-/m1/s1. The molecule has 1 saturated heterocycles. The van der Waals surface area contributed by atoms with Crippen molar-refractivity contribution in [2.75, 3.05) is 24.5 Å². The molecular formula is C23H19F3N6O. The van der Waals surface area contributed by atoms with Gasteiger partial charge in [0.15, 0.2) is 0 Å². The summed E-state index contributed by atoms with van der Waals surface area (Å²) in [5.41, 5.74) is 0.579. The highest BCUT2D eigenvalue weighted by atomic mass is 19.1. The van der Waals surface area contributed by atoms with Crippen LogP contribution in [0, 0.1) is 40.1 Å². The summed E-state index contributed by atoms with van der Waals surface area (Å²) in [7, 11) is 1.54. The van der Waals surface area contributed by atoms with E-state index in [9.17, 15) is 28.5 Å². The summed E-state index contributed by atoms with van der Waals surface area (Å²) in [6.07, 6.45) is 0. The van der Waals surface area contributed by atoms with Gasteiger partial charge in [-0.25, -0.2) is 18.2 Å². The van der Waals surface area contributed by atoms with Gasteiger partial charge >= 0.3 is 0 Å². The number of rotatable bonds is 3. The first-order valence-corrected chi connectivity index (χ1v) is 10.2. The van der Waals surface area contributed by atoms with E-state index in [1.807, 2.05) is 28.9 Å². The third-order valence-corrected chi connectivity index (χ3v) is 5.99. The SMILES string of the molecule is C[C@@H]1CN(c2c(C#N)c(=O)n(C)c3ccc(C#N)nc23)CCN1Cc1c(F)cc(F)cc1F. The molecule has 0 N–H and O–H groups in total. The topological polar surface area (TPSA) is 88.9 Å². The van der Waals surface area contributed by atoms with Crippen molar-refractivity contribution in [3.05, 3.63) is 68.9 Å². The second kappa shape index (κ2) is 8.57. The second-order valence-electron chi connectivity index (χ2n) is 7.99. The molecule has 0 unspecified atom stereocenters. The Morgan fingerprint density at radius 2 is 1.82 bits per heavy atom. The van der Waals surface area contributed by atoms with Crippen molar-refractivity contribution in [3.63, 3.8) is 0 Å².